The minimum atomic E-state index is -0.411. The molecule has 0 radical (unpaired) electrons. The topological polar surface area (TPSA) is 57.5 Å². The van der Waals surface area contributed by atoms with E-state index in [0.717, 1.165) is 23.4 Å². The van der Waals surface area contributed by atoms with Gasteiger partial charge in [0.05, 0.1) is 12.7 Å². The molecule has 2 heterocycles. The molecule has 0 N–H and O–H groups in total. The van der Waals surface area contributed by atoms with Crippen molar-refractivity contribution in [2.75, 3.05) is 7.11 Å². The van der Waals surface area contributed by atoms with Crippen LogP contribution in [0.4, 0.5) is 0 Å². The van der Waals surface area contributed by atoms with Gasteiger partial charge in [0, 0.05) is 17.8 Å². The van der Waals surface area contributed by atoms with Crippen molar-refractivity contribution in [1.29, 1.82) is 0 Å². The Hall–Kier alpha value is -3.34. The highest BCUT2D eigenvalue weighted by atomic mass is 16.5. The molecule has 1 aliphatic heterocycles. The van der Waals surface area contributed by atoms with Gasteiger partial charge in [0.1, 0.15) is 11.5 Å². The standard InChI is InChI=1S/C22H19NO4/c1-26-22(25)19-14-18(21(24)23-13-5-8-20(19)23)15-9-11-17(12-10-15)27-16-6-3-2-4-7-16/h2-4,6-7,9-12,14H,5,8,13H2,1H3. The Balaban J connectivity index is 1.71. The molecule has 0 fully saturated rings. The maximum Gasteiger partial charge on any atom is 0.339 e. The number of hydrogen-bond acceptors (Lipinski definition) is 4. The second kappa shape index (κ2) is 7.11. The lowest BCUT2D eigenvalue weighted by Crippen LogP contribution is -2.24. The third kappa shape index (κ3) is 3.24. The molecule has 0 spiro atoms. The van der Waals surface area contributed by atoms with E-state index in [1.807, 2.05) is 54.6 Å². The molecule has 3 aromatic rings. The maximum atomic E-state index is 12.9. The molecule has 4 rings (SSSR count). The van der Waals surface area contributed by atoms with Crippen molar-refractivity contribution in [2.24, 2.45) is 0 Å². The van der Waals surface area contributed by atoms with Crippen molar-refractivity contribution < 1.29 is 14.3 Å². The molecule has 5 nitrogen and oxygen atoms in total. The van der Waals surface area contributed by atoms with Gasteiger partial charge in [-0.25, -0.2) is 4.79 Å². The smallest absolute Gasteiger partial charge is 0.339 e. The number of rotatable bonds is 4. The summed E-state index contributed by atoms with van der Waals surface area (Å²) in [7, 11) is 1.36. The van der Waals surface area contributed by atoms with Gasteiger partial charge in [-0.2, -0.15) is 0 Å². The number of benzene rings is 2. The molecular formula is C22H19NO4. The third-order valence-electron chi connectivity index (χ3n) is 4.75. The lowest BCUT2D eigenvalue weighted by atomic mass is 10.0. The number of aromatic nitrogens is 1. The highest BCUT2D eigenvalue weighted by Crippen LogP contribution is 2.27. The highest BCUT2D eigenvalue weighted by molar-refractivity contribution is 5.92. The van der Waals surface area contributed by atoms with E-state index < -0.39 is 5.97 Å². The molecule has 1 aliphatic rings. The first kappa shape index (κ1) is 17.1. The van der Waals surface area contributed by atoms with Gasteiger partial charge in [0.15, 0.2) is 0 Å². The van der Waals surface area contributed by atoms with Crippen molar-refractivity contribution >= 4 is 5.97 Å². The van der Waals surface area contributed by atoms with Gasteiger partial charge < -0.3 is 14.0 Å². The van der Waals surface area contributed by atoms with Crippen LogP contribution in [-0.2, 0) is 17.7 Å². The number of nitrogens with zero attached hydrogens (tertiary/aromatic N) is 1. The van der Waals surface area contributed by atoms with Crippen LogP contribution in [0.1, 0.15) is 22.5 Å². The number of ether oxygens (including phenoxy) is 2. The zero-order chi connectivity index (χ0) is 18.8. The molecule has 136 valence electrons. The summed E-state index contributed by atoms with van der Waals surface area (Å²) in [5, 5.41) is 0. The number of carbonyl (C=O) groups is 1. The van der Waals surface area contributed by atoms with E-state index in [9.17, 15) is 9.59 Å². The zero-order valence-electron chi connectivity index (χ0n) is 15.0. The molecule has 0 aliphatic carbocycles. The van der Waals surface area contributed by atoms with Crippen LogP contribution >= 0.6 is 0 Å². The van der Waals surface area contributed by atoms with Crippen LogP contribution in [0.15, 0.2) is 65.5 Å². The summed E-state index contributed by atoms with van der Waals surface area (Å²) in [6.07, 6.45) is 1.57. The van der Waals surface area contributed by atoms with E-state index >= 15 is 0 Å². The molecule has 0 amide bonds. The van der Waals surface area contributed by atoms with Crippen LogP contribution in [-0.4, -0.2) is 17.6 Å². The lowest BCUT2D eigenvalue weighted by Gasteiger charge is -2.12. The molecule has 0 saturated carbocycles. The number of fused-ring (bicyclic) bond motifs is 1. The molecule has 0 saturated heterocycles. The number of esters is 1. The van der Waals surface area contributed by atoms with Crippen LogP contribution in [0.3, 0.4) is 0 Å². The molecule has 1 aromatic heterocycles. The number of pyridine rings is 1. The van der Waals surface area contributed by atoms with Crippen molar-refractivity contribution in [2.45, 2.75) is 19.4 Å². The SMILES string of the molecule is COC(=O)c1cc(-c2ccc(Oc3ccccc3)cc2)c(=O)n2c1CCC2. The monoisotopic (exact) mass is 361 g/mol. The van der Waals surface area contributed by atoms with Gasteiger partial charge in [-0.05, 0) is 48.7 Å². The fourth-order valence-electron chi connectivity index (χ4n) is 3.43. The average molecular weight is 361 g/mol. The van der Waals surface area contributed by atoms with E-state index in [2.05, 4.69) is 0 Å². The maximum absolute atomic E-state index is 12.9. The summed E-state index contributed by atoms with van der Waals surface area (Å²) in [5.41, 5.74) is 2.39. The average Bonchev–Trinajstić information content (AvgIpc) is 3.20. The first-order valence-corrected chi connectivity index (χ1v) is 8.86. The van der Waals surface area contributed by atoms with Crippen molar-refractivity contribution in [3.05, 3.63) is 82.3 Å². The van der Waals surface area contributed by atoms with Gasteiger partial charge in [-0.1, -0.05) is 30.3 Å². The minimum Gasteiger partial charge on any atom is -0.465 e. The summed E-state index contributed by atoms with van der Waals surface area (Å²) in [6.45, 7) is 0.626. The zero-order valence-corrected chi connectivity index (χ0v) is 15.0. The second-order valence-electron chi connectivity index (χ2n) is 6.41. The highest BCUT2D eigenvalue weighted by Gasteiger charge is 2.23. The van der Waals surface area contributed by atoms with Crippen molar-refractivity contribution in [3.8, 4) is 22.6 Å². The lowest BCUT2D eigenvalue weighted by molar-refractivity contribution is 0.0598. The van der Waals surface area contributed by atoms with Crippen LogP contribution in [0.5, 0.6) is 11.5 Å². The molecule has 0 unspecified atom stereocenters. The fraction of sp³-hybridized carbons (Fsp3) is 0.182. The van der Waals surface area contributed by atoms with Crippen molar-refractivity contribution in [3.63, 3.8) is 0 Å². The van der Waals surface area contributed by atoms with E-state index in [1.165, 1.54) is 7.11 Å². The van der Waals surface area contributed by atoms with Gasteiger partial charge >= 0.3 is 5.97 Å². The second-order valence-corrected chi connectivity index (χ2v) is 6.41. The molecule has 5 heteroatoms. The summed E-state index contributed by atoms with van der Waals surface area (Å²) < 4.78 is 12.4. The van der Waals surface area contributed by atoms with Crippen LogP contribution in [0, 0.1) is 0 Å². The molecule has 2 aromatic carbocycles. The normalized spacial score (nSPS) is 12.5. The summed E-state index contributed by atoms with van der Waals surface area (Å²) in [4.78, 5) is 25.0. The Morgan fingerprint density at radius 2 is 1.70 bits per heavy atom. The van der Waals surface area contributed by atoms with E-state index in [0.29, 0.717) is 29.8 Å². The third-order valence-corrected chi connectivity index (χ3v) is 4.75. The van der Waals surface area contributed by atoms with Crippen molar-refractivity contribution in [1.82, 2.24) is 4.57 Å². The summed E-state index contributed by atoms with van der Waals surface area (Å²) >= 11 is 0. The van der Waals surface area contributed by atoms with Crippen LogP contribution in [0.2, 0.25) is 0 Å². The van der Waals surface area contributed by atoms with Crippen LogP contribution in [0.25, 0.3) is 11.1 Å². The Kier molecular flexibility index (Phi) is 4.50. The molecule has 0 atom stereocenters. The van der Waals surface area contributed by atoms with Gasteiger partial charge in [0.25, 0.3) is 5.56 Å². The fourth-order valence-corrected chi connectivity index (χ4v) is 3.43. The molecule has 27 heavy (non-hydrogen) atoms. The molecule has 0 bridgehead atoms. The van der Waals surface area contributed by atoms with E-state index in [4.69, 9.17) is 9.47 Å². The first-order chi connectivity index (χ1) is 13.2. The molecular weight excluding hydrogens is 342 g/mol. The van der Waals surface area contributed by atoms with Crippen LogP contribution < -0.4 is 10.3 Å². The van der Waals surface area contributed by atoms with Gasteiger partial charge in [0.2, 0.25) is 0 Å². The van der Waals surface area contributed by atoms with Gasteiger partial charge in [-0.15, -0.1) is 0 Å². The number of carbonyl (C=O) groups excluding carboxylic acids is 1. The summed E-state index contributed by atoms with van der Waals surface area (Å²) in [6, 6.07) is 18.4. The predicted octanol–water partition coefficient (Wildman–Crippen LogP) is 4.04. The number of hydrogen-bond donors (Lipinski definition) is 0. The first-order valence-electron chi connectivity index (χ1n) is 8.86. The number of para-hydroxylation sites is 1. The minimum absolute atomic E-state index is 0.0770. The Morgan fingerprint density at radius 1 is 1.00 bits per heavy atom. The Labute approximate surface area is 156 Å². The van der Waals surface area contributed by atoms with E-state index in [1.54, 1.807) is 10.6 Å². The summed E-state index contributed by atoms with van der Waals surface area (Å²) in [5.74, 6) is 1.01. The number of methoxy groups -OCH3 is 1. The van der Waals surface area contributed by atoms with E-state index in [-0.39, 0.29) is 5.56 Å². The predicted molar refractivity (Wildman–Crippen MR) is 102 cm³/mol. The quantitative estimate of drug-likeness (QED) is 0.658. The van der Waals surface area contributed by atoms with Gasteiger partial charge in [-0.3, -0.25) is 4.79 Å². The largest absolute Gasteiger partial charge is 0.465 e. The Morgan fingerprint density at radius 3 is 2.41 bits per heavy atom. The Bertz CT molecular complexity index is 1040.